The maximum atomic E-state index is 11.8. The molecule has 0 spiro atoms. The van der Waals surface area contributed by atoms with E-state index in [-0.39, 0.29) is 30.6 Å². The highest BCUT2D eigenvalue weighted by Crippen LogP contribution is 2.42. The van der Waals surface area contributed by atoms with Gasteiger partial charge in [0, 0.05) is 12.8 Å². The first kappa shape index (κ1) is 15.6. The highest BCUT2D eigenvalue weighted by atomic mass is 16.5. The highest BCUT2D eigenvalue weighted by Gasteiger charge is 2.41. The monoisotopic (exact) mass is 296 g/mol. The van der Waals surface area contributed by atoms with Gasteiger partial charge in [-0.15, -0.1) is 0 Å². The van der Waals surface area contributed by atoms with Crippen LogP contribution >= 0.6 is 0 Å². The predicted molar refractivity (Wildman–Crippen MR) is 78.6 cm³/mol. The summed E-state index contributed by atoms with van der Waals surface area (Å²) in [7, 11) is 1.24. The van der Waals surface area contributed by atoms with Crippen LogP contribution in [-0.4, -0.2) is 18.2 Å². The number of nitrogens with zero attached hydrogens (tertiary/aromatic N) is 2. The van der Waals surface area contributed by atoms with Crippen molar-refractivity contribution in [3.8, 4) is 12.1 Å². The minimum absolute atomic E-state index is 0.0181. The van der Waals surface area contributed by atoms with E-state index in [1.165, 1.54) is 7.11 Å². The van der Waals surface area contributed by atoms with Crippen molar-refractivity contribution in [3.05, 3.63) is 46.7 Å². The van der Waals surface area contributed by atoms with E-state index in [1.54, 1.807) is 0 Å². The third kappa shape index (κ3) is 2.66. The molecule has 1 unspecified atom stereocenters. The molecule has 1 atom stereocenters. The fraction of sp³-hybridized carbons (Fsp3) is 0.353. The number of allylic oxidation sites excluding steroid dienone is 1. The summed E-state index contributed by atoms with van der Waals surface area (Å²) in [4.78, 5) is 11.8. The number of aliphatic hydroxyl groups is 1. The lowest BCUT2D eigenvalue weighted by molar-refractivity contribution is -0.136. The van der Waals surface area contributed by atoms with Crippen LogP contribution in [0.4, 0.5) is 0 Å². The van der Waals surface area contributed by atoms with E-state index in [9.17, 15) is 15.2 Å². The molecule has 1 N–H and O–H groups in total. The topological polar surface area (TPSA) is 94.1 Å². The highest BCUT2D eigenvalue weighted by molar-refractivity contribution is 5.89. The normalized spacial score (nSPS) is 20.9. The molecule has 0 saturated carbocycles. The summed E-state index contributed by atoms with van der Waals surface area (Å²) in [5.41, 5.74) is 0.732. The molecule has 1 aliphatic carbocycles. The second-order valence-corrected chi connectivity index (χ2v) is 5.28. The zero-order valence-electron chi connectivity index (χ0n) is 12.3. The smallest absolute Gasteiger partial charge is 0.337 e. The number of nitriles is 2. The summed E-state index contributed by atoms with van der Waals surface area (Å²) in [6, 6.07) is 11.7. The minimum Gasteiger partial charge on any atom is -0.512 e. The second-order valence-electron chi connectivity index (χ2n) is 5.28. The summed E-state index contributed by atoms with van der Waals surface area (Å²) >= 11 is 0. The molecule has 0 heterocycles. The van der Waals surface area contributed by atoms with Gasteiger partial charge >= 0.3 is 5.97 Å². The van der Waals surface area contributed by atoms with Crippen molar-refractivity contribution in [3.63, 3.8) is 0 Å². The van der Waals surface area contributed by atoms with Crippen LogP contribution in [0.3, 0.4) is 0 Å². The molecule has 0 aliphatic heterocycles. The molecule has 0 bridgehead atoms. The zero-order valence-corrected chi connectivity index (χ0v) is 12.3. The van der Waals surface area contributed by atoms with Crippen LogP contribution in [-0.2, 0) is 21.4 Å². The van der Waals surface area contributed by atoms with Crippen molar-refractivity contribution in [1.29, 1.82) is 10.5 Å². The van der Waals surface area contributed by atoms with Crippen molar-refractivity contribution in [2.45, 2.75) is 31.1 Å². The molecule has 5 nitrogen and oxygen atoms in total. The Morgan fingerprint density at radius 3 is 2.77 bits per heavy atom. The number of aliphatic hydroxyl groups excluding tert-OH is 1. The Labute approximate surface area is 129 Å². The zero-order chi connectivity index (χ0) is 16.2. The Hall–Kier alpha value is -2.79. The quantitative estimate of drug-likeness (QED) is 0.865. The average Bonchev–Trinajstić information content (AvgIpc) is 2.56. The maximum absolute atomic E-state index is 11.8. The number of esters is 1. The van der Waals surface area contributed by atoms with E-state index >= 15 is 0 Å². The van der Waals surface area contributed by atoms with Crippen molar-refractivity contribution in [1.82, 2.24) is 0 Å². The molecule has 0 amide bonds. The third-order valence-corrected chi connectivity index (χ3v) is 4.06. The first-order valence-corrected chi connectivity index (χ1v) is 6.94. The van der Waals surface area contributed by atoms with Gasteiger partial charge in [-0.3, -0.25) is 0 Å². The number of methoxy groups -OCH3 is 1. The standard InChI is InChI=1S/C17H16N2O3/c1-22-16(21)13-10-17(11-19,8-6-15(13)20)14-5-3-2-4-12(14)7-9-18/h2-5,20H,6-8,10H2,1H3. The van der Waals surface area contributed by atoms with Gasteiger partial charge in [0.25, 0.3) is 0 Å². The fourth-order valence-corrected chi connectivity index (χ4v) is 2.90. The van der Waals surface area contributed by atoms with Gasteiger partial charge in [-0.1, -0.05) is 24.3 Å². The number of rotatable bonds is 3. The van der Waals surface area contributed by atoms with Crippen LogP contribution in [0.25, 0.3) is 0 Å². The molecular formula is C17H16N2O3. The van der Waals surface area contributed by atoms with Gasteiger partial charge in [-0.2, -0.15) is 10.5 Å². The average molecular weight is 296 g/mol. The lowest BCUT2D eigenvalue weighted by Gasteiger charge is -2.33. The minimum atomic E-state index is -0.927. The van der Waals surface area contributed by atoms with Crippen LogP contribution in [0.5, 0.6) is 0 Å². The molecular weight excluding hydrogens is 280 g/mol. The van der Waals surface area contributed by atoms with Crippen molar-refractivity contribution in [2.75, 3.05) is 7.11 Å². The van der Waals surface area contributed by atoms with E-state index in [1.807, 2.05) is 24.3 Å². The van der Waals surface area contributed by atoms with Crippen molar-refractivity contribution >= 4 is 5.97 Å². The SMILES string of the molecule is COC(=O)C1=C(O)CCC(C#N)(c2ccccc2CC#N)C1. The van der Waals surface area contributed by atoms with Gasteiger partial charge in [0.15, 0.2) is 0 Å². The largest absolute Gasteiger partial charge is 0.512 e. The number of carbonyl (C=O) groups excluding carboxylic acids is 1. The Morgan fingerprint density at radius 2 is 2.14 bits per heavy atom. The predicted octanol–water partition coefficient (Wildman–Crippen LogP) is 2.68. The van der Waals surface area contributed by atoms with E-state index in [0.717, 1.165) is 11.1 Å². The summed E-state index contributed by atoms with van der Waals surface area (Å²) in [5.74, 6) is -0.634. The van der Waals surface area contributed by atoms with Gasteiger partial charge < -0.3 is 9.84 Å². The van der Waals surface area contributed by atoms with Crippen molar-refractivity contribution in [2.24, 2.45) is 0 Å². The van der Waals surface area contributed by atoms with E-state index < -0.39 is 11.4 Å². The molecule has 112 valence electrons. The molecule has 2 rings (SSSR count). The number of hydrogen-bond acceptors (Lipinski definition) is 5. The molecule has 22 heavy (non-hydrogen) atoms. The number of carbonyl (C=O) groups is 1. The molecule has 5 heteroatoms. The first-order chi connectivity index (χ1) is 10.6. The maximum Gasteiger partial charge on any atom is 0.337 e. The molecule has 1 aromatic carbocycles. The third-order valence-electron chi connectivity index (χ3n) is 4.06. The molecule has 1 aliphatic rings. The first-order valence-electron chi connectivity index (χ1n) is 6.94. The Balaban J connectivity index is 2.51. The summed E-state index contributed by atoms with van der Waals surface area (Å²) < 4.78 is 4.69. The van der Waals surface area contributed by atoms with E-state index in [0.29, 0.717) is 6.42 Å². The number of benzene rings is 1. The fourth-order valence-electron chi connectivity index (χ4n) is 2.90. The van der Waals surface area contributed by atoms with Crippen LogP contribution in [0.1, 0.15) is 30.4 Å². The Morgan fingerprint density at radius 1 is 1.41 bits per heavy atom. The molecule has 0 radical (unpaired) electrons. The second kappa shape index (κ2) is 6.32. The Kier molecular flexibility index (Phi) is 4.48. The molecule has 1 aromatic rings. The Bertz CT molecular complexity index is 709. The van der Waals surface area contributed by atoms with Gasteiger partial charge in [-0.25, -0.2) is 4.79 Å². The van der Waals surface area contributed by atoms with Gasteiger partial charge in [0.1, 0.15) is 5.76 Å². The molecule has 0 aromatic heterocycles. The van der Waals surface area contributed by atoms with Gasteiger partial charge in [0.2, 0.25) is 0 Å². The molecule has 0 saturated heterocycles. The van der Waals surface area contributed by atoms with E-state index in [4.69, 9.17) is 10.00 Å². The van der Waals surface area contributed by atoms with Crippen LogP contribution in [0, 0.1) is 22.7 Å². The lowest BCUT2D eigenvalue weighted by Crippen LogP contribution is -2.32. The van der Waals surface area contributed by atoms with Gasteiger partial charge in [-0.05, 0) is 17.5 Å². The summed E-state index contributed by atoms with van der Waals surface area (Å²) in [6.45, 7) is 0. The van der Waals surface area contributed by atoms with Crippen molar-refractivity contribution < 1.29 is 14.6 Å². The summed E-state index contributed by atoms with van der Waals surface area (Å²) in [5, 5.41) is 28.7. The lowest BCUT2D eigenvalue weighted by atomic mass is 9.68. The van der Waals surface area contributed by atoms with Crippen LogP contribution in [0.2, 0.25) is 0 Å². The van der Waals surface area contributed by atoms with Crippen LogP contribution in [0.15, 0.2) is 35.6 Å². The number of hydrogen-bond donors (Lipinski definition) is 1. The molecule has 0 fully saturated rings. The number of ether oxygens (including phenoxy) is 1. The van der Waals surface area contributed by atoms with E-state index in [2.05, 4.69) is 12.1 Å². The summed E-state index contributed by atoms with van der Waals surface area (Å²) in [6.07, 6.45) is 0.921. The van der Waals surface area contributed by atoms with Crippen LogP contribution < -0.4 is 0 Å². The van der Waals surface area contributed by atoms with Gasteiger partial charge in [0.05, 0.1) is 36.7 Å².